The van der Waals surface area contributed by atoms with E-state index < -0.39 is 0 Å². The van der Waals surface area contributed by atoms with Crippen LogP contribution in [0.15, 0.2) is 6.07 Å². The number of ether oxygens (including phenoxy) is 2. The van der Waals surface area contributed by atoms with Crippen LogP contribution >= 0.6 is 11.3 Å². The van der Waals surface area contributed by atoms with Gasteiger partial charge < -0.3 is 9.47 Å². The molecule has 18 heavy (non-hydrogen) atoms. The van der Waals surface area contributed by atoms with Crippen LogP contribution in [-0.2, 0) is 9.47 Å². The van der Waals surface area contributed by atoms with Crippen molar-refractivity contribution >= 4 is 17.1 Å². The summed E-state index contributed by atoms with van der Waals surface area (Å²) in [6.45, 7) is 11.1. The van der Waals surface area contributed by atoms with E-state index in [1.165, 1.54) is 0 Å². The van der Waals surface area contributed by atoms with Crippen molar-refractivity contribution in [1.82, 2.24) is 0 Å². The minimum atomic E-state index is -0.158. The zero-order valence-electron chi connectivity index (χ0n) is 11.8. The molecule has 0 N–H and O–H groups in total. The third-order valence-electron chi connectivity index (χ3n) is 2.34. The van der Waals surface area contributed by atoms with Gasteiger partial charge in [0, 0.05) is 15.3 Å². The fourth-order valence-electron chi connectivity index (χ4n) is 1.56. The van der Waals surface area contributed by atoms with Crippen LogP contribution in [0.3, 0.4) is 0 Å². The monoisotopic (exact) mass is 270 g/mol. The summed E-state index contributed by atoms with van der Waals surface area (Å²) in [5, 5.41) is 0. The number of thiophene rings is 1. The standard InChI is InChI=1S/C14H22O3S/c1-10-8-12(11(2)18-10)13(15)9-16-6-7-17-14(3,4)5/h8H,6-7,9H2,1-5H3. The minimum absolute atomic E-state index is 0.0487. The fourth-order valence-corrected chi connectivity index (χ4v) is 2.50. The lowest BCUT2D eigenvalue weighted by molar-refractivity contribution is -0.0324. The molecule has 0 aliphatic heterocycles. The zero-order valence-corrected chi connectivity index (χ0v) is 12.6. The third-order valence-corrected chi connectivity index (χ3v) is 3.30. The van der Waals surface area contributed by atoms with E-state index in [0.717, 1.165) is 15.3 Å². The van der Waals surface area contributed by atoms with Crippen LogP contribution in [0.2, 0.25) is 0 Å². The molecule has 0 radical (unpaired) electrons. The quantitative estimate of drug-likeness (QED) is 0.587. The van der Waals surface area contributed by atoms with Crippen LogP contribution < -0.4 is 0 Å². The Hall–Kier alpha value is -0.710. The Morgan fingerprint density at radius 1 is 1.28 bits per heavy atom. The van der Waals surface area contributed by atoms with E-state index in [1.54, 1.807) is 11.3 Å². The number of carbonyl (C=O) groups excluding carboxylic acids is 1. The third kappa shape index (κ3) is 5.29. The molecule has 0 amide bonds. The molecule has 0 spiro atoms. The number of carbonyl (C=O) groups is 1. The Kier molecular flexibility index (Phi) is 5.50. The highest BCUT2D eigenvalue weighted by atomic mass is 32.1. The first kappa shape index (κ1) is 15.3. The number of Topliss-reactive ketones (excluding diaryl/α,β-unsaturated/α-hetero) is 1. The molecule has 1 aromatic rings. The van der Waals surface area contributed by atoms with E-state index in [4.69, 9.17) is 9.47 Å². The highest BCUT2D eigenvalue weighted by Gasteiger charge is 2.13. The van der Waals surface area contributed by atoms with E-state index in [1.807, 2.05) is 40.7 Å². The van der Waals surface area contributed by atoms with Crippen molar-refractivity contribution in [2.24, 2.45) is 0 Å². The molecule has 1 aromatic heterocycles. The van der Waals surface area contributed by atoms with Gasteiger partial charge in [0.05, 0.1) is 18.8 Å². The van der Waals surface area contributed by atoms with Crippen molar-refractivity contribution < 1.29 is 14.3 Å². The predicted octanol–water partition coefficient (Wildman–Crippen LogP) is 3.38. The summed E-state index contributed by atoms with van der Waals surface area (Å²) in [6, 6.07) is 1.93. The Labute approximate surface area is 113 Å². The maximum atomic E-state index is 11.9. The van der Waals surface area contributed by atoms with Crippen molar-refractivity contribution in [3.63, 3.8) is 0 Å². The summed E-state index contributed by atoms with van der Waals surface area (Å²) in [6.07, 6.45) is 0. The van der Waals surface area contributed by atoms with Gasteiger partial charge in [-0.05, 0) is 40.7 Å². The van der Waals surface area contributed by atoms with Crippen molar-refractivity contribution in [3.05, 3.63) is 21.4 Å². The summed E-state index contributed by atoms with van der Waals surface area (Å²) >= 11 is 1.64. The van der Waals surface area contributed by atoms with E-state index in [9.17, 15) is 4.79 Å². The second-order valence-corrected chi connectivity index (χ2v) is 6.72. The smallest absolute Gasteiger partial charge is 0.189 e. The van der Waals surface area contributed by atoms with E-state index in [2.05, 4.69) is 0 Å². The molecule has 1 heterocycles. The van der Waals surface area contributed by atoms with Gasteiger partial charge in [-0.15, -0.1) is 11.3 Å². The van der Waals surface area contributed by atoms with Crippen LogP contribution in [0.25, 0.3) is 0 Å². The molecule has 1 rings (SSSR count). The van der Waals surface area contributed by atoms with Crippen LogP contribution in [0.5, 0.6) is 0 Å². The summed E-state index contributed by atoms with van der Waals surface area (Å²) in [7, 11) is 0. The lowest BCUT2D eigenvalue weighted by Gasteiger charge is -2.19. The van der Waals surface area contributed by atoms with Crippen molar-refractivity contribution in [2.75, 3.05) is 19.8 Å². The lowest BCUT2D eigenvalue weighted by atomic mass is 10.2. The van der Waals surface area contributed by atoms with Crippen LogP contribution in [0, 0.1) is 13.8 Å². The molecule has 0 atom stereocenters. The normalized spacial score (nSPS) is 11.8. The van der Waals surface area contributed by atoms with Gasteiger partial charge in [0.25, 0.3) is 0 Å². The SMILES string of the molecule is Cc1cc(C(=O)COCCOC(C)(C)C)c(C)s1. The van der Waals surface area contributed by atoms with Gasteiger partial charge >= 0.3 is 0 Å². The van der Waals surface area contributed by atoms with E-state index >= 15 is 0 Å². The zero-order chi connectivity index (χ0) is 13.8. The Balaban J connectivity index is 2.28. The Morgan fingerprint density at radius 3 is 2.44 bits per heavy atom. The average molecular weight is 270 g/mol. The highest BCUT2D eigenvalue weighted by Crippen LogP contribution is 2.20. The topological polar surface area (TPSA) is 35.5 Å². The maximum Gasteiger partial charge on any atom is 0.189 e. The Bertz CT molecular complexity index is 402. The highest BCUT2D eigenvalue weighted by molar-refractivity contribution is 7.12. The van der Waals surface area contributed by atoms with Gasteiger partial charge in [-0.2, -0.15) is 0 Å². The molecule has 0 bridgehead atoms. The van der Waals surface area contributed by atoms with Crippen molar-refractivity contribution in [2.45, 2.75) is 40.2 Å². The molecule has 0 fully saturated rings. The van der Waals surface area contributed by atoms with Crippen LogP contribution in [-0.4, -0.2) is 31.2 Å². The number of aryl methyl sites for hydroxylation is 2. The fraction of sp³-hybridized carbons (Fsp3) is 0.643. The summed E-state index contributed by atoms with van der Waals surface area (Å²) in [5.74, 6) is 0.0487. The molecule has 0 unspecified atom stereocenters. The average Bonchev–Trinajstić information content (AvgIpc) is 2.55. The number of hydrogen-bond acceptors (Lipinski definition) is 4. The first-order valence-electron chi connectivity index (χ1n) is 6.11. The molecule has 3 nitrogen and oxygen atoms in total. The van der Waals surface area contributed by atoms with E-state index in [0.29, 0.717) is 13.2 Å². The molecule has 0 aliphatic rings. The molecule has 0 saturated heterocycles. The minimum Gasteiger partial charge on any atom is -0.373 e. The summed E-state index contributed by atoms with van der Waals surface area (Å²) < 4.78 is 10.9. The summed E-state index contributed by atoms with van der Waals surface area (Å²) in [5.41, 5.74) is 0.628. The molecular weight excluding hydrogens is 248 g/mol. The predicted molar refractivity (Wildman–Crippen MR) is 74.6 cm³/mol. The van der Waals surface area contributed by atoms with Gasteiger partial charge in [-0.1, -0.05) is 0 Å². The Morgan fingerprint density at radius 2 is 1.94 bits per heavy atom. The number of rotatable bonds is 6. The molecule has 4 heteroatoms. The van der Waals surface area contributed by atoms with Crippen LogP contribution in [0.1, 0.15) is 40.9 Å². The first-order valence-corrected chi connectivity index (χ1v) is 6.93. The van der Waals surface area contributed by atoms with Gasteiger partial charge in [-0.3, -0.25) is 4.79 Å². The number of hydrogen-bond donors (Lipinski definition) is 0. The lowest BCUT2D eigenvalue weighted by Crippen LogP contribution is -2.22. The van der Waals surface area contributed by atoms with Gasteiger partial charge in [-0.25, -0.2) is 0 Å². The molecular formula is C14H22O3S. The van der Waals surface area contributed by atoms with Crippen LogP contribution in [0.4, 0.5) is 0 Å². The van der Waals surface area contributed by atoms with Crippen molar-refractivity contribution in [3.8, 4) is 0 Å². The largest absolute Gasteiger partial charge is 0.373 e. The summed E-state index contributed by atoms with van der Waals surface area (Å²) in [4.78, 5) is 14.1. The maximum absolute atomic E-state index is 11.9. The molecule has 102 valence electrons. The first-order chi connectivity index (χ1) is 8.29. The van der Waals surface area contributed by atoms with Gasteiger partial charge in [0.2, 0.25) is 0 Å². The van der Waals surface area contributed by atoms with Gasteiger partial charge in [0.1, 0.15) is 6.61 Å². The van der Waals surface area contributed by atoms with Crippen molar-refractivity contribution in [1.29, 1.82) is 0 Å². The molecule has 0 saturated carbocycles. The number of ketones is 1. The second kappa shape index (κ2) is 6.45. The molecule has 0 aromatic carbocycles. The molecule has 0 aliphatic carbocycles. The second-order valence-electron chi connectivity index (χ2n) is 5.26. The van der Waals surface area contributed by atoms with Gasteiger partial charge in [0.15, 0.2) is 5.78 Å². The van der Waals surface area contributed by atoms with E-state index in [-0.39, 0.29) is 18.0 Å².